The van der Waals surface area contributed by atoms with Crippen LogP contribution in [0.25, 0.3) is 0 Å². The molecule has 5 heteroatoms. The topological polar surface area (TPSA) is 49.5 Å². The van der Waals surface area contributed by atoms with E-state index in [0.717, 1.165) is 6.07 Å². The number of hydrogen-bond donors (Lipinski definition) is 2. The van der Waals surface area contributed by atoms with Gasteiger partial charge in [-0.15, -0.1) is 0 Å². The van der Waals surface area contributed by atoms with Gasteiger partial charge in [-0.25, -0.2) is 8.78 Å². The van der Waals surface area contributed by atoms with E-state index in [1.54, 1.807) is 0 Å². The van der Waals surface area contributed by atoms with Crippen LogP contribution in [0.1, 0.15) is 13.3 Å². The van der Waals surface area contributed by atoms with Crippen LogP contribution in [0.15, 0.2) is 12.1 Å². The third kappa shape index (κ3) is 2.34. The van der Waals surface area contributed by atoms with E-state index in [1.165, 1.54) is 6.07 Å². The van der Waals surface area contributed by atoms with E-state index in [9.17, 15) is 13.9 Å². The summed E-state index contributed by atoms with van der Waals surface area (Å²) in [7, 11) is 0. The summed E-state index contributed by atoms with van der Waals surface area (Å²) in [5, 5.41) is 9.61. The molecule has 2 rings (SSSR count). The summed E-state index contributed by atoms with van der Waals surface area (Å²) in [6.07, 6.45) is 0.226. The smallest absolute Gasteiger partial charge is 0.151 e. The summed E-state index contributed by atoms with van der Waals surface area (Å²) in [6.45, 7) is 3.01. The normalized spacial score (nSPS) is 25.1. The molecule has 1 aliphatic heterocycles. The van der Waals surface area contributed by atoms with E-state index < -0.39 is 11.6 Å². The van der Waals surface area contributed by atoms with E-state index in [0.29, 0.717) is 25.2 Å². The quantitative estimate of drug-likeness (QED) is 0.738. The average Bonchev–Trinajstić information content (AvgIpc) is 2.27. The first kappa shape index (κ1) is 12.1. The molecule has 1 heterocycles. The van der Waals surface area contributed by atoms with Crippen molar-refractivity contribution in [1.29, 1.82) is 0 Å². The number of nitrogen functional groups attached to an aromatic ring is 1. The van der Waals surface area contributed by atoms with Crippen molar-refractivity contribution in [2.45, 2.75) is 19.4 Å². The number of rotatable bonds is 1. The molecule has 1 aromatic rings. The minimum absolute atomic E-state index is 0.0324. The standard InChI is InChI=1S/C12H16F2N2O/c1-7-6-16(3-2-11(7)17)10-5-8(13)4-9(14)12(10)15/h4-5,7,11,17H,2-3,6,15H2,1H3. The molecule has 0 aromatic heterocycles. The summed E-state index contributed by atoms with van der Waals surface area (Å²) in [5.41, 5.74) is 5.96. The number of nitrogens with zero attached hydrogens (tertiary/aromatic N) is 1. The van der Waals surface area contributed by atoms with Crippen LogP contribution in [-0.4, -0.2) is 24.3 Å². The lowest BCUT2D eigenvalue weighted by molar-refractivity contribution is 0.0971. The van der Waals surface area contributed by atoms with Gasteiger partial charge in [0.15, 0.2) is 5.82 Å². The van der Waals surface area contributed by atoms with Crippen molar-refractivity contribution in [3.05, 3.63) is 23.8 Å². The Hall–Kier alpha value is -1.36. The number of benzene rings is 1. The molecule has 1 aromatic carbocycles. The molecule has 0 amide bonds. The first-order valence-corrected chi connectivity index (χ1v) is 5.66. The Morgan fingerprint density at radius 1 is 1.41 bits per heavy atom. The van der Waals surface area contributed by atoms with Crippen LogP contribution < -0.4 is 10.6 Å². The first-order valence-electron chi connectivity index (χ1n) is 5.66. The van der Waals surface area contributed by atoms with Crippen molar-refractivity contribution in [1.82, 2.24) is 0 Å². The molecule has 0 bridgehead atoms. The molecule has 0 radical (unpaired) electrons. The number of aliphatic hydroxyl groups is 1. The number of aliphatic hydroxyl groups excluding tert-OH is 1. The molecule has 0 spiro atoms. The second-order valence-corrected chi connectivity index (χ2v) is 4.60. The van der Waals surface area contributed by atoms with E-state index in [4.69, 9.17) is 5.73 Å². The molecule has 1 aliphatic rings. The first-order chi connectivity index (χ1) is 7.99. The second-order valence-electron chi connectivity index (χ2n) is 4.60. The molecule has 3 nitrogen and oxygen atoms in total. The molecule has 3 N–H and O–H groups in total. The van der Waals surface area contributed by atoms with E-state index in [-0.39, 0.29) is 17.7 Å². The van der Waals surface area contributed by atoms with Gasteiger partial charge in [0.1, 0.15) is 5.82 Å². The summed E-state index contributed by atoms with van der Waals surface area (Å²) < 4.78 is 26.5. The van der Waals surface area contributed by atoms with Crippen molar-refractivity contribution in [2.75, 3.05) is 23.7 Å². The van der Waals surface area contributed by atoms with Gasteiger partial charge < -0.3 is 15.7 Å². The summed E-state index contributed by atoms with van der Waals surface area (Å²) in [6, 6.07) is 2.02. The lowest BCUT2D eigenvalue weighted by Gasteiger charge is -2.36. The number of nitrogens with two attached hydrogens (primary N) is 1. The van der Waals surface area contributed by atoms with Crippen LogP contribution >= 0.6 is 0 Å². The zero-order chi connectivity index (χ0) is 12.6. The maximum Gasteiger partial charge on any atom is 0.151 e. The Morgan fingerprint density at radius 3 is 2.76 bits per heavy atom. The van der Waals surface area contributed by atoms with Crippen LogP contribution in [0.4, 0.5) is 20.2 Å². The predicted molar refractivity (Wildman–Crippen MR) is 62.8 cm³/mol. The maximum atomic E-state index is 13.3. The fourth-order valence-corrected chi connectivity index (χ4v) is 2.18. The Balaban J connectivity index is 2.28. The molecule has 0 aliphatic carbocycles. The minimum Gasteiger partial charge on any atom is -0.395 e. The van der Waals surface area contributed by atoms with Crippen molar-refractivity contribution >= 4 is 11.4 Å². The van der Waals surface area contributed by atoms with Gasteiger partial charge >= 0.3 is 0 Å². The molecular formula is C12H16F2N2O. The van der Waals surface area contributed by atoms with Gasteiger partial charge in [-0.3, -0.25) is 0 Å². The Labute approximate surface area is 98.8 Å². The molecule has 94 valence electrons. The Morgan fingerprint density at radius 2 is 2.12 bits per heavy atom. The third-order valence-corrected chi connectivity index (χ3v) is 3.27. The largest absolute Gasteiger partial charge is 0.395 e. The highest BCUT2D eigenvalue weighted by atomic mass is 19.1. The van der Waals surface area contributed by atoms with Crippen molar-refractivity contribution in [3.8, 4) is 0 Å². The maximum absolute atomic E-state index is 13.3. The number of anilines is 2. The SMILES string of the molecule is CC1CN(c2cc(F)cc(F)c2N)CCC1O. The van der Waals surface area contributed by atoms with Gasteiger partial charge in [0, 0.05) is 19.2 Å². The van der Waals surface area contributed by atoms with Crippen LogP contribution in [0.3, 0.4) is 0 Å². The molecule has 1 saturated heterocycles. The summed E-state index contributed by atoms with van der Waals surface area (Å²) in [5.74, 6) is -1.31. The van der Waals surface area contributed by atoms with Gasteiger partial charge in [-0.1, -0.05) is 6.92 Å². The van der Waals surface area contributed by atoms with Crippen molar-refractivity contribution < 1.29 is 13.9 Å². The Bertz CT molecular complexity index is 425. The fourth-order valence-electron chi connectivity index (χ4n) is 2.18. The zero-order valence-electron chi connectivity index (χ0n) is 9.66. The van der Waals surface area contributed by atoms with Crippen LogP contribution in [0.2, 0.25) is 0 Å². The monoisotopic (exact) mass is 242 g/mol. The summed E-state index contributed by atoms with van der Waals surface area (Å²) in [4.78, 5) is 1.82. The molecule has 2 unspecified atom stereocenters. The summed E-state index contributed by atoms with van der Waals surface area (Å²) >= 11 is 0. The lowest BCUT2D eigenvalue weighted by atomic mass is 9.96. The average molecular weight is 242 g/mol. The third-order valence-electron chi connectivity index (χ3n) is 3.27. The van der Waals surface area contributed by atoms with Crippen LogP contribution in [-0.2, 0) is 0 Å². The highest BCUT2D eigenvalue weighted by Crippen LogP contribution is 2.30. The van der Waals surface area contributed by atoms with Crippen LogP contribution in [0, 0.1) is 17.6 Å². The van der Waals surface area contributed by atoms with E-state index >= 15 is 0 Å². The van der Waals surface area contributed by atoms with Crippen LogP contribution in [0.5, 0.6) is 0 Å². The molecule has 0 saturated carbocycles. The molecular weight excluding hydrogens is 226 g/mol. The lowest BCUT2D eigenvalue weighted by Crippen LogP contribution is -2.42. The molecule has 2 atom stereocenters. The van der Waals surface area contributed by atoms with Gasteiger partial charge in [-0.05, 0) is 18.4 Å². The molecule has 1 fully saturated rings. The highest BCUT2D eigenvalue weighted by molar-refractivity contribution is 5.68. The van der Waals surface area contributed by atoms with Gasteiger partial charge in [0.2, 0.25) is 0 Å². The fraction of sp³-hybridized carbons (Fsp3) is 0.500. The minimum atomic E-state index is -0.737. The van der Waals surface area contributed by atoms with Crippen molar-refractivity contribution in [2.24, 2.45) is 5.92 Å². The zero-order valence-corrected chi connectivity index (χ0v) is 9.66. The Kier molecular flexibility index (Phi) is 3.19. The van der Waals surface area contributed by atoms with Gasteiger partial charge in [-0.2, -0.15) is 0 Å². The van der Waals surface area contributed by atoms with Gasteiger partial charge in [0.05, 0.1) is 17.5 Å². The van der Waals surface area contributed by atoms with Crippen molar-refractivity contribution in [3.63, 3.8) is 0 Å². The molecule has 17 heavy (non-hydrogen) atoms. The van der Waals surface area contributed by atoms with E-state index in [1.807, 2.05) is 11.8 Å². The predicted octanol–water partition coefficient (Wildman–Crippen LogP) is 1.75. The highest BCUT2D eigenvalue weighted by Gasteiger charge is 2.26. The number of hydrogen-bond acceptors (Lipinski definition) is 3. The van der Waals surface area contributed by atoms with Gasteiger partial charge in [0.25, 0.3) is 0 Å². The number of piperidine rings is 1. The van der Waals surface area contributed by atoms with E-state index in [2.05, 4.69) is 0 Å². The number of halogens is 2. The second kappa shape index (κ2) is 4.49.